The summed E-state index contributed by atoms with van der Waals surface area (Å²) in [4.78, 5) is 24.8. The molecule has 4 N–H and O–H groups in total. The molecule has 0 spiro atoms. The molecule has 0 saturated heterocycles. The minimum atomic E-state index is -4.72. The number of hydrogen-bond acceptors (Lipinski definition) is 4. The van der Waals surface area contributed by atoms with E-state index in [2.05, 4.69) is 26.6 Å². The molecule has 0 radical (unpaired) electrons. The molecule has 6 nitrogen and oxygen atoms in total. The zero-order chi connectivity index (χ0) is 29.9. The van der Waals surface area contributed by atoms with Gasteiger partial charge in [0.2, 0.25) is 5.91 Å². The maximum absolute atomic E-state index is 14.6. The second kappa shape index (κ2) is 12.6. The molecule has 3 aromatic rings. The Balaban J connectivity index is 1.66. The van der Waals surface area contributed by atoms with Crippen LogP contribution in [-0.4, -0.2) is 23.7 Å². The third kappa shape index (κ3) is 7.62. The van der Waals surface area contributed by atoms with Gasteiger partial charge in [0.15, 0.2) is 0 Å². The van der Waals surface area contributed by atoms with Crippen molar-refractivity contribution in [3.63, 3.8) is 0 Å². The van der Waals surface area contributed by atoms with E-state index in [4.69, 9.17) is 10.5 Å². The molecule has 1 aliphatic carbocycles. The number of benzene rings is 3. The number of nitrogens with one attached hydrogen (secondary N) is 2. The van der Waals surface area contributed by atoms with E-state index in [0.717, 1.165) is 18.2 Å². The lowest BCUT2D eigenvalue weighted by Gasteiger charge is -2.19. The normalized spacial score (nSPS) is 14.0. The van der Waals surface area contributed by atoms with Gasteiger partial charge < -0.3 is 21.1 Å². The van der Waals surface area contributed by atoms with Crippen molar-refractivity contribution in [2.75, 3.05) is 17.2 Å². The summed E-state index contributed by atoms with van der Waals surface area (Å²) in [6.45, 7) is 1.75. The molecule has 0 aromatic heterocycles. The fraction of sp³-hybridized carbons (Fsp3) is 0.310. The highest BCUT2D eigenvalue weighted by Gasteiger charge is 2.40. The first-order chi connectivity index (χ1) is 19.4. The SMILES string of the molecule is Cc1cc(F)ccc1Oc1cc(C2CC2)c(C(F)(F)F)cc1C(=O)Nc1ccc(F)c(C(N)CCNC(=O)CBr)c1. The molecule has 218 valence electrons. The maximum atomic E-state index is 14.6. The first-order valence-electron chi connectivity index (χ1n) is 12.8. The molecule has 0 aliphatic heterocycles. The highest BCUT2D eigenvalue weighted by Crippen LogP contribution is 2.48. The van der Waals surface area contributed by atoms with Crippen molar-refractivity contribution >= 4 is 33.4 Å². The predicted molar refractivity (Wildman–Crippen MR) is 147 cm³/mol. The lowest BCUT2D eigenvalue weighted by molar-refractivity contribution is -0.138. The third-order valence-electron chi connectivity index (χ3n) is 6.63. The fourth-order valence-electron chi connectivity index (χ4n) is 4.35. The summed E-state index contributed by atoms with van der Waals surface area (Å²) >= 11 is 3.02. The number of halogens is 6. The minimum absolute atomic E-state index is 0.0193. The van der Waals surface area contributed by atoms with Crippen LogP contribution in [-0.2, 0) is 11.0 Å². The number of carbonyl (C=O) groups excluding carboxylic acids is 2. The molecule has 12 heteroatoms. The smallest absolute Gasteiger partial charge is 0.416 e. The molecule has 1 aliphatic rings. The van der Waals surface area contributed by atoms with Gasteiger partial charge in [-0.05, 0) is 91.8 Å². The summed E-state index contributed by atoms with van der Waals surface area (Å²) < 4.78 is 76.2. The van der Waals surface area contributed by atoms with Gasteiger partial charge in [-0.1, -0.05) is 15.9 Å². The summed E-state index contributed by atoms with van der Waals surface area (Å²) in [5.41, 5.74) is 5.30. The Kier molecular flexibility index (Phi) is 9.33. The number of rotatable bonds is 10. The van der Waals surface area contributed by atoms with Crippen molar-refractivity contribution in [1.82, 2.24) is 5.32 Å². The van der Waals surface area contributed by atoms with E-state index < -0.39 is 40.9 Å². The van der Waals surface area contributed by atoms with Crippen LogP contribution in [0.3, 0.4) is 0 Å². The van der Waals surface area contributed by atoms with Crippen molar-refractivity contribution in [2.24, 2.45) is 5.73 Å². The van der Waals surface area contributed by atoms with Gasteiger partial charge in [-0.3, -0.25) is 9.59 Å². The van der Waals surface area contributed by atoms with Gasteiger partial charge in [0.05, 0.1) is 16.5 Å². The number of nitrogens with two attached hydrogens (primary N) is 1. The number of ether oxygens (including phenoxy) is 1. The lowest BCUT2D eigenvalue weighted by Crippen LogP contribution is -2.28. The molecule has 3 aromatic carbocycles. The number of amides is 2. The van der Waals surface area contributed by atoms with Crippen LogP contribution in [0.25, 0.3) is 0 Å². The number of hydrogen-bond donors (Lipinski definition) is 3. The molecule has 0 heterocycles. The van der Waals surface area contributed by atoms with Crippen molar-refractivity contribution in [3.05, 3.63) is 88.0 Å². The van der Waals surface area contributed by atoms with Crippen LogP contribution in [0.4, 0.5) is 27.6 Å². The summed E-state index contributed by atoms with van der Waals surface area (Å²) in [5, 5.41) is 5.22. The number of anilines is 1. The van der Waals surface area contributed by atoms with Crippen LogP contribution in [0.5, 0.6) is 11.5 Å². The molecule has 1 fully saturated rings. The summed E-state index contributed by atoms with van der Waals surface area (Å²) in [6, 6.07) is 8.43. The van der Waals surface area contributed by atoms with Gasteiger partial charge >= 0.3 is 6.18 Å². The van der Waals surface area contributed by atoms with Crippen molar-refractivity contribution < 1.29 is 36.3 Å². The van der Waals surface area contributed by atoms with Crippen LogP contribution in [0.1, 0.15) is 63.8 Å². The average Bonchev–Trinajstić information content (AvgIpc) is 3.76. The Hall–Kier alpha value is -3.51. The average molecular weight is 640 g/mol. The highest BCUT2D eigenvalue weighted by molar-refractivity contribution is 9.09. The zero-order valence-corrected chi connectivity index (χ0v) is 23.5. The van der Waals surface area contributed by atoms with Crippen LogP contribution < -0.4 is 21.1 Å². The standard InChI is InChI=1S/C29H27BrF5N3O3/c1-15-10-17(31)4-7-25(15)41-26-13-19(16-2-3-16)22(29(33,34)35)12-21(26)28(40)38-18-5-6-23(32)20(11-18)24(36)8-9-37-27(39)14-30/h4-7,10-13,16,24H,2-3,8-9,14,36H2,1H3,(H,37,39)(H,38,40). The monoisotopic (exact) mass is 639 g/mol. The number of aryl methyl sites for hydroxylation is 1. The van der Waals surface area contributed by atoms with Crippen LogP contribution in [0, 0.1) is 18.6 Å². The molecule has 0 bridgehead atoms. The van der Waals surface area contributed by atoms with E-state index in [-0.39, 0.29) is 58.4 Å². The largest absolute Gasteiger partial charge is 0.456 e. The maximum Gasteiger partial charge on any atom is 0.416 e. The Morgan fingerprint density at radius 3 is 2.44 bits per heavy atom. The topological polar surface area (TPSA) is 93.4 Å². The molecule has 1 atom stereocenters. The van der Waals surface area contributed by atoms with E-state index >= 15 is 0 Å². The summed E-state index contributed by atoms with van der Waals surface area (Å²) in [7, 11) is 0. The van der Waals surface area contributed by atoms with Crippen molar-refractivity contribution in [2.45, 2.75) is 44.3 Å². The van der Waals surface area contributed by atoms with Gasteiger partial charge in [-0.15, -0.1) is 0 Å². The summed E-state index contributed by atoms with van der Waals surface area (Å²) in [6.07, 6.45) is -3.39. The predicted octanol–water partition coefficient (Wildman–Crippen LogP) is 7.12. The van der Waals surface area contributed by atoms with E-state index in [0.29, 0.717) is 18.4 Å². The van der Waals surface area contributed by atoms with E-state index in [1.807, 2.05) is 0 Å². The first-order valence-corrected chi connectivity index (χ1v) is 13.9. The zero-order valence-electron chi connectivity index (χ0n) is 21.9. The Morgan fingerprint density at radius 1 is 1.07 bits per heavy atom. The van der Waals surface area contributed by atoms with Crippen LogP contribution in [0.2, 0.25) is 0 Å². The lowest BCUT2D eigenvalue weighted by atomic mass is 9.98. The second-order valence-corrected chi connectivity index (χ2v) is 10.3. The number of alkyl halides is 4. The van der Waals surface area contributed by atoms with Gasteiger partial charge in [0, 0.05) is 23.8 Å². The van der Waals surface area contributed by atoms with E-state index in [9.17, 15) is 31.5 Å². The first kappa shape index (κ1) is 30.4. The highest BCUT2D eigenvalue weighted by atomic mass is 79.9. The van der Waals surface area contributed by atoms with Crippen molar-refractivity contribution in [3.8, 4) is 11.5 Å². The van der Waals surface area contributed by atoms with E-state index in [1.54, 1.807) is 6.92 Å². The number of carbonyl (C=O) groups is 2. The molecule has 4 rings (SSSR count). The van der Waals surface area contributed by atoms with Crippen LogP contribution >= 0.6 is 15.9 Å². The Morgan fingerprint density at radius 2 is 1.80 bits per heavy atom. The van der Waals surface area contributed by atoms with Gasteiger partial charge in [0.1, 0.15) is 23.1 Å². The Bertz CT molecular complexity index is 1460. The van der Waals surface area contributed by atoms with Crippen molar-refractivity contribution in [1.29, 1.82) is 0 Å². The Labute approximate surface area is 241 Å². The fourth-order valence-corrected chi connectivity index (χ4v) is 4.55. The third-order valence-corrected chi connectivity index (χ3v) is 7.14. The van der Waals surface area contributed by atoms with Crippen LogP contribution in [0.15, 0.2) is 48.5 Å². The molecule has 2 amide bonds. The van der Waals surface area contributed by atoms with Gasteiger partial charge in [-0.25, -0.2) is 8.78 Å². The molecular formula is C29H27BrF5N3O3. The van der Waals surface area contributed by atoms with Gasteiger partial charge in [-0.2, -0.15) is 13.2 Å². The minimum Gasteiger partial charge on any atom is -0.456 e. The summed E-state index contributed by atoms with van der Waals surface area (Å²) in [5.74, 6) is -2.64. The molecule has 1 saturated carbocycles. The van der Waals surface area contributed by atoms with Gasteiger partial charge in [0.25, 0.3) is 5.91 Å². The molecule has 41 heavy (non-hydrogen) atoms. The molecular weight excluding hydrogens is 613 g/mol. The molecule has 1 unspecified atom stereocenters. The second-order valence-electron chi connectivity index (χ2n) is 9.79. The quantitative estimate of drug-likeness (QED) is 0.163. The van der Waals surface area contributed by atoms with E-state index in [1.165, 1.54) is 30.3 Å².